The van der Waals surface area contributed by atoms with Crippen LogP contribution in [0.15, 0.2) is 0 Å². The molecule has 1 atom stereocenters. The summed E-state index contributed by atoms with van der Waals surface area (Å²) in [5.74, 6) is 0.566. The van der Waals surface area contributed by atoms with E-state index in [0.29, 0.717) is 19.1 Å². The zero-order chi connectivity index (χ0) is 10.4. The summed E-state index contributed by atoms with van der Waals surface area (Å²) in [6.07, 6.45) is 3.07. The first-order valence-electron chi connectivity index (χ1n) is 5.66. The number of ether oxygens (including phenoxy) is 1. The zero-order valence-electron chi connectivity index (χ0n) is 9.29. The van der Waals surface area contributed by atoms with E-state index < -0.39 is 0 Å². The Hall–Kier alpha value is -0.570. The lowest BCUT2D eigenvalue weighted by Gasteiger charge is -2.30. The summed E-state index contributed by atoms with van der Waals surface area (Å²) < 4.78 is 5.23. The third kappa shape index (κ3) is 2.98. The molecular formula is C11H21NO2. The van der Waals surface area contributed by atoms with E-state index in [4.69, 9.17) is 4.74 Å². The fraction of sp³-hybridized carbons (Fsp3) is 0.909. The van der Waals surface area contributed by atoms with Crippen LogP contribution in [0.4, 0.5) is 0 Å². The molecule has 0 spiro atoms. The minimum Gasteiger partial charge on any atom is -0.378 e. The molecule has 0 radical (unpaired) electrons. The lowest BCUT2D eigenvalue weighted by Crippen LogP contribution is -2.43. The maximum absolute atomic E-state index is 12.0. The van der Waals surface area contributed by atoms with E-state index in [1.54, 1.807) is 0 Å². The first kappa shape index (κ1) is 11.5. The first-order chi connectivity index (χ1) is 6.79. The van der Waals surface area contributed by atoms with Crippen LogP contribution in [0.25, 0.3) is 0 Å². The quantitative estimate of drug-likeness (QED) is 0.689. The van der Waals surface area contributed by atoms with Gasteiger partial charge in [0, 0.05) is 19.0 Å². The van der Waals surface area contributed by atoms with Gasteiger partial charge in [-0.05, 0) is 12.8 Å². The molecule has 0 aromatic carbocycles. The highest BCUT2D eigenvalue weighted by atomic mass is 16.5. The van der Waals surface area contributed by atoms with Crippen LogP contribution >= 0.6 is 0 Å². The van der Waals surface area contributed by atoms with E-state index in [2.05, 4.69) is 13.8 Å². The van der Waals surface area contributed by atoms with Gasteiger partial charge in [-0.25, -0.2) is 0 Å². The van der Waals surface area contributed by atoms with E-state index in [0.717, 1.165) is 32.4 Å². The van der Waals surface area contributed by atoms with Crippen LogP contribution in [0.5, 0.6) is 0 Å². The molecule has 14 heavy (non-hydrogen) atoms. The molecule has 3 nitrogen and oxygen atoms in total. The summed E-state index contributed by atoms with van der Waals surface area (Å²) in [6.45, 7) is 7.19. The lowest BCUT2D eigenvalue weighted by atomic mass is 9.99. The molecule has 3 heteroatoms. The third-order valence-corrected chi connectivity index (χ3v) is 2.80. The smallest absolute Gasteiger partial charge is 0.225 e. The van der Waals surface area contributed by atoms with Crippen LogP contribution in [-0.4, -0.2) is 37.1 Å². The van der Waals surface area contributed by atoms with Crippen LogP contribution < -0.4 is 0 Å². The molecule has 0 aromatic rings. The summed E-state index contributed by atoms with van der Waals surface area (Å²) in [7, 11) is 0. The van der Waals surface area contributed by atoms with Crippen LogP contribution in [0, 0.1) is 5.92 Å². The molecule has 0 saturated carbocycles. The standard InChI is InChI=1S/C11H21NO2/c1-3-5-10(4-2)11(13)12-6-8-14-9-7-12/h10H,3-9H2,1-2H3. The summed E-state index contributed by atoms with van der Waals surface area (Å²) >= 11 is 0. The first-order valence-corrected chi connectivity index (χ1v) is 5.66. The SMILES string of the molecule is CCCC(CC)C(=O)N1CCOCC1. The molecule has 0 aliphatic carbocycles. The van der Waals surface area contributed by atoms with Crippen LogP contribution in [0.2, 0.25) is 0 Å². The van der Waals surface area contributed by atoms with E-state index in [9.17, 15) is 4.79 Å². The largest absolute Gasteiger partial charge is 0.378 e. The Kier molecular flexibility index (Phi) is 4.94. The van der Waals surface area contributed by atoms with Crippen molar-refractivity contribution < 1.29 is 9.53 Å². The van der Waals surface area contributed by atoms with E-state index in [1.807, 2.05) is 4.90 Å². The fourth-order valence-corrected chi connectivity index (χ4v) is 1.89. The van der Waals surface area contributed by atoms with Gasteiger partial charge in [-0.2, -0.15) is 0 Å². The molecule has 1 fully saturated rings. The average molecular weight is 199 g/mol. The Labute approximate surface area is 86.4 Å². The zero-order valence-corrected chi connectivity index (χ0v) is 9.29. The number of carbonyl (C=O) groups is 1. The highest BCUT2D eigenvalue weighted by Gasteiger charge is 2.23. The number of hydrogen-bond donors (Lipinski definition) is 0. The maximum Gasteiger partial charge on any atom is 0.225 e. The molecule has 0 bridgehead atoms. The minimum atomic E-state index is 0.234. The number of nitrogens with zero attached hydrogens (tertiary/aromatic N) is 1. The summed E-state index contributed by atoms with van der Waals surface area (Å²) in [6, 6.07) is 0. The van der Waals surface area contributed by atoms with Crippen molar-refractivity contribution in [1.29, 1.82) is 0 Å². The van der Waals surface area contributed by atoms with Crippen molar-refractivity contribution in [2.24, 2.45) is 5.92 Å². The van der Waals surface area contributed by atoms with Crippen LogP contribution in [0.3, 0.4) is 0 Å². The van der Waals surface area contributed by atoms with Gasteiger partial charge in [0.05, 0.1) is 13.2 Å². The Morgan fingerprint density at radius 3 is 2.50 bits per heavy atom. The minimum absolute atomic E-state index is 0.234. The maximum atomic E-state index is 12.0. The van der Waals surface area contributed by atoms with Gasteiger partial charge in [0.2, 0.25) is 5.91 Å². The molecule has 1 unspecified atom stereocenters. The monoisotopic (exact) mass is 199 g/mol. The van der Waals surface area contributed by atoms with Crippen molar-refractivity contribution in [1.82, 2.24) is 4.90 Å². The topological polar surface area (TPSA) is 29.5 Å². The predicted octanol–water partition coefficient (Wildman–Crippen LogP) is 1.67. The second-order valence-corrected chi connectivity index (χ2v) is 3.83. The molecule has 82 valence electrons. The van der Waals surface area contributed by atoms with Gasteiger partial charge < -0.3 is 9.64 Å². The van der Waals surface area contributed by atoms with Gasteiger partial charge in [0.25, 0.3) is 0 Å². The Morgan fingerprint density at radius 1 is 1.36 bits per heavy atom. The molecule has 1 aliphatic rings. The lowest BCUT2D eigenvalue weighted by molar-refractivity contribution is -0.140. The molecule has 1 heterocycles. The van der Waals surface area contributed by atoms with Gasteiger partial charge in [-0.3, -0.25) is 4.79 Å². The molecule has 1 aliphatic heterocycles. The molecule has 0 N–H and O–H groups in total. The average Bonchev–Trinajstić information content (AvgIpc) is 2.26. The van der Waals surface area contributed by atoms with Crippen LogP contribution in [0.1, 0.15) is 33.1 Å². The highest BCUT2D eigenvalue weighted by molar-refractivity contribution is 5.78. The van der Waals surface area contributed by atoms with E-state index in [1.165, 1.54) is 0 Å². The number of morpholine rings is 1. The van der Waals surface area contributed by atoms with Crippen molar-refractivity contribution in [2.75, 3.05) is 26.3 Å². The Morgan fingerprint density at radius 2 is 2.00 bits per heavy atom. The molecule has 1 saturated heterocycles. The summed E-state index contributed by atoms with van der Waals surface area (Å²) in [5, 5.41) is 0. The molecule has 1 amide bonds. The Balaban J connectivity index is 2.43. The number of rotatable bonds is 4. The number of carbonyl (C=O) groups excluding carboxylic acids is 1. The highest BCUT2D eigenvalue weighted by Crippen LogP contribution is 2.15. The molecule has 0 aromatic heterocycles. The van der Waals surface area contributed by atoms with Crippen molar-refractivity contribution in [3.63, 3.8) is 0 Å². The van der Waals surface area contributed by atoms with Gasteiger partial charge in [-0.1, -0.05) is 20.3 Å². The van der Waals surface area contributed by atoms with Gasteiger partial charge in [0.15, 0.2) is 0 Å². The second-order valence-electron chi connectivity index (χ2n) is 3.83. The van der Waals surface area contributed by atoms with Gasteiger partial charge in [0.1, 0.15) is 0 Å². The normalized spacial score (nSPS) is 19.4. The summed E-state index contributed by atoms with van der Waals surface area (Å²) in [4.78, 5) is 13.9. The Bertz CT molecular complexity index is 169. The van der Waals surface area contributed by atoms with Gasteiger partial charge in [-0.15, -0.1) is 0 Å². The third-order valence-electron chi connectivity index (χ3n) is 2.80. The molecule has 1 rings (SSSR count). The van der Waals surface area contributed by atoms with Gasteiger partial charge >= 0.3 is 0 Å². The second kappa shape index (κ2) is 6.02. The molecular weight excluding hydrogens is 178 g/mol. The van der Waals surface area contributed by atoms with Crippen molar-refractivity contribution >= 4 is 5.91 Å². The van der Waals surface area contributed by atoms with Crippen molar-refractivity contribution in [2.45, 2.75) is 33.1 Å². The number of hydrogen-bond acceptors (Lipinski definition) is 2. The van der Waals surface area contributed by atoms with Crippen molar-refractivity contribution in [3.8, 4) is 0 Å². The van der Waals surface area contributed by atoms with E-state index in [-0.39, 0.29) is 5.92 Å². The number of amides is 1. The fourth-order valence-electron chi connectivity index (χ4n) is 1.89. The van der Waals surface area contributed by atoms with Crippen molar-refractivity contribution in [3.05, 3.63) is 0 Å². The van der Waals surface area contributed by atoms with Crippen LogP contribution in [-0.2, 0) is 9.53 Å². The predicted molar refractivity (Wildman–Crippen MR) is 56.1 cm³/mol. The summed E-state index contributed by atoms with van der Waals surface area (Å²) in [5.41, 5.74) is 0. The van der Waals surface area contributed by atoms with E-state index >= 15 is 0 Å².